The lowest BCUT2D eigenvalue weighted by Gasteiger charge is -2.07. The van der Waals surface area contributed by atoms with Gasteiger partial charge in [-0.25, -0.2) is 4.98 Å². The Morgan fingerprint density at radius 2 is 2.12 bits per heavy atom. The first-order valence-electron chi connectivity index (χ1n) is 5.02. The molecule has 0 aliphatic rings. The van der Waals surface area contributed by atoms with Gasteiger partial charge in [0.2, 0.25) is 0 Å². The van der Waals surface area contributed by atoms with E-state index in [4.69, 9.17) is 11.6 Å². The van der Waals surface area contributed by atoms with E-state index >= 15 is 0 Å². The van der Waals surface area contributed by atoms with Gasteiger partial charge in [0.15, 0.2) is 0 Å². The number of halogens is 1. The molecule has 0 atom stereocenters. The first-order chi connectivity index (χ1) is 7.75. The van der Waals surface area contributed by atoms with Crippen LogP contribution in [0.3, 0.4) is 0 Å². The Balaban J connectivity index is 2.05. The molecule has 0 aliphatic heterocycles. The average molecular weight is 234 g/mol. The van der Waals surface area contributed by atoms with Crippen LogP contribution in [0.1, 0.15) is 11.3 Å². The van der Waals surface area contributed by atoms with Crippen molar-refractivity contribution >= 4 is 17.4 Å². The van der Waals surface area contributed by atoms with Crippen LogP contribution in [0.4, 0.5) is 5.82 Å². The molecule has 16 heavy (non-hydrogen) atoms. The minimum atomic E-state index is 0.489. The van der Waals surface area contributed by atoms with Gasteiger partial charge in [0, 0.05) is 6.20 Å². The highest BCUT2D eigenvalue weighted by molar-refractivity contribution is 6.29. The van der Waals surface area contributed by atoms with E-state index in [1.807, 2.05) is 31.2 Å². The highest BCUT2D eigenvalue weighted by Gasteiger charge is 1.99. The summed E-state index contributed by atoms with van der Waals surface area (Å²) in [7, 11) is 0. The van der Waals surface area contributed by atoms with E-state index in [9.17, 15) is 0 Å². The number of aromatic nitrogens is 2. The Bertz CT molecular complexity index is 485. The van der Waals surface area contributed by atoms with Crippen LogP contribution >= 0.6 is 11.6 Å². The van der Waals surface area contributed by atoms with Crippen molar-refractivity contribution in [2.45, 2.75) is 13.5 Å². The Hall–Kier alpha value is -1.61. The first-order valence-corrected chi connectivity index (χ1v) is 5.40. The Kier molecular flexibility index (Phi) is 3.37. The molecule has 0 radical (unpaired) electrons. The fourth-order valence-corrected chi connectivity index (χ4v) is 1.55. The van der Waals surface area contributed by atoms with E-state index in [0.29, 0.717) is 11.7 Å². The minimum absolute atomic E-state index is 0.489. The second-order valence-electron chi connectivity index (χ2n) is 3.47. The van der Waals surface area contributed by atoms with E-state index < -0.39 is 0 Å². The molecule has 2 heterocycles. The molecule has 2 aromatic rings. The molecule has 0 fully saturated rings. The third-order valence-electron chi connectivity index (χ3n) is 2.27. The molecule has 0 bridgehead atoms. The number of aryl methyl sites for hydroxylation is 1. The SMILES string of the molecule is Cc1cccnc1CNc1cccc(Cl)n1. The number of hydrogen-bond donors (Lipinski definition) is 1. The summed E-state index contributed by atoms with van der Waals surface area (Å²) in [6.07, 6.45) is 1.79. The van der Waals surface area contributed by atoms with Gasteiger partial charge in [0.1, 0.15) is 11.0 Å². The van der Waals surface area contributed by atoms with Crippen LogP contribution in [0.25, 0.3) is 0 Å². The number of hydrogen-bond acceptors (Lipinski definition) is 3. The highest BCUT2D eigenvalue weighted by atomic mass is 35.5. The van der Waals surface area contributed by atoms with E-state index in [0.717, 1.165) is 17.1 Å². The third kappa shape index (κ3) is 2.70. The van der Waals surface area contributed by atoms with Gasteiger partial charge in [0.25, 0.3) is 0 Å². The van der Waals surface area contributed by atoms with Crippen LogP contribution < -0.4 is 5.32 Å². The number of nitrogens with one attached hydrogen (secondary N) is 1. The Labute approximate surface area is 99.5 Å². The van der Waals surface area contributed by atoms with Gasteiger partial charge in [-0.05, 0) is 30.7 Å². The van der Waals surface area contributed by atoms with Crippen LogP contribution in [-0.2, 0) is 6.54 Å². The number of nitrogens with zero attached hydrogens (tertiary/aromatic N) is 2. The van der Waals surface area contributed by atoms with Crippen LogP contribution in [0, 0.1) is 6.92 Å². The van der Waals surface area contributed by atoms with Crippen molar-refractivity contribution in [2.75, 3.05) is 5.32 Å². The standard InChI is InChI=1S/C12H12ClN3/c1-9-4-3-7-14-10(9)8-15-12-6-2-5-11(13)16-12/h2-7H,8H2,1H3,(H,15,16). The zero-order valence-corrected chi connectivity index (χ0v) is 9.70. The van der Waals surface area contributed by atoms with Gasteiger partial charge in [-0.15, -0.1) is 0 Å². The largest absolute Gasteiger partial charge is 0.364 e. The van der Waals surface area contributed by atoms with Gasteiger partial charge >= 0.3 is 0 Å². The molecule has 4 heteroatoms. The lowest BCUT2D eigenvalue weighted by Crippen LogP contribution is -2.04. The predicted molar refractivity (Wildman–Crippen MR) is 65.5 cm³/mol. The quantitative estimate of drug-likeness (QED) is 0.828. The van der Waals surface area contributed by atoms with Gasteiger partial charge in [-0.1, -0.05) is 23.7 Å². The predicted octanol–water partition coefficient (Wildman–Crippen LogP) is 3.05. The van der Waals surface area contributed by atoms with Gasteiger partial charge in [-0.2, -0.15) is 0 Å². The van der Waals surface area contributed by atoms with Crippen molar-refractivity contribution in [1.29, 1.82) is 0 Å². The minimum Gasteiger partial charge on any atom is -0.364 e. The van der Waals surface area contributed by atoms with Gasteiger partial charge < -0.3 is 5.32 Å². The van der Waals surface area contributed by atoms with E-state index in [2.05, 4.69) is 15.3 Å². The molecule has 0 spiro atoms. The average Bonchev–Trinajstić information content (AvgIpc) is 2.28. The molecule has 0 aliphatic carbocycles. The van der Waals surface area contributed by atoms with Crippen molar-refractivity contribution in [2.24, 2.45) is 0 Å². The molecule has 2 rings (SSSR count). The molecule has 0 amide bonds. The maximum absolute atomic E-state index is 5.79. The van der Waals surface area contributed by atoms with E-state index in [1.54, 1.807) is 12.3 Å². The monoisotopic (exact) mass is 233 g/mol. The molecule has 0 saturated carbocycles. The maximum Gasteiger partial charge on any atom is 0.131 e. The van der Waals surface area contributed by atoms with Crippen LogP contribution in [0.5, 0.6) is 0 Å². The van der Waals surface area contributed by atoms with Gasteiger partial charge in [0.05, 0.1) is 12.2 Å². The summed E-state index contributed by atoms with van der Waals surface area (Å²) in [5, 5.41) is 3.67. The van der Waals surface area contributed by atoms with E-state index in [-0.39, 0.29) is 0 Å². The Morgan fingerprint density at radius 3 is 2.88 bits per heavy atom. The molecule has 3 nitrogen and oxygen atoms in total. The molecular formula is C12H12ClN3. The molecule has 2 aromatic heterocycles. The van der Waals surface area contributed by atoms with Crippen molar-refractivity contribution in [1.82, 2.24) is 9.97 Å². The first kappa shape index (κ1) is 10.9. The van der Waals surface area contributed by atoms with Crippen molar-refractivity contribution in [3.63, 3.8) is 0 Å². The fourth-order valence-electron chi connectivity index (χ4n) is 1.38. The lowest BCUT2D eigenvalue weighted by molar-refractivity contribution is 1.01. The summed E-state index contributed by atoms with van der Waals surface area (Å²) < 4.78 is 0. The summed E-state index contributed by atoms with van der Waals surface area (Å²) >= 11 is 5.79. The second-order valence-corrected chi connectivity index (χ2v) is 3.85. The van der Waals surface area contributed by atoms with Crippen molar-refractivity contribution in [3.8, 4) is 0 Å². The zero-order valence-electron chi connectivity index (χ0n) is 8.94. The molecule has 0 aromatic carbocycles. The van der Waals surface area contributed by atoms with Crippen LogP contribution in [-0.4, -0.2) is 9.97 Å². The third-order valence-corrected chi connectivity index (χ3v) is 2.48. The summed E-state index contributed by atoms with van der Waals surface area (Å²) in [5.41, 5.74) is 2.18. The van der Waals surface area contributed by atoms with Crippen molar-refractivity contribution in [3.05, 3.63) is 52.9 Å². The van der Waals surface area contributed by atoms with Gasteiger partial charge in [-0.3, -0.25) is 4.98 Å². The molecule has 82 valence electrons. The lowest BCUT2D eigenvalue weighted by atomic mass is 10.2. The molecule has 1 N–H and O–H groups in total. The number of rotatable bonds is 3. The van der Waals surface area contributed by atoms with Crippen LogP contribution in [0.2, 0.25) is 5.15 Å². The summed E-state index contributed by atoms with van der Waals surface area (Å²) in [4.78, 5) is 8.44. The topological polar surface area (TPSA) is 37.8 Å². The molecular weight excluding hydrogens is 222 g/mol. The normalized spacial score (nSPS) is 10.1. The number of pyridine rings is 2. The summed E-state index contributed by atoms with van der Waals surface area (Å²) in [5.74, 6) is 0.762. The van der Waals surface area contributed by atoms with Crippen molar-refractivity contribution < 1.29 is 0 Å². The number of anilines is 1. The second kappa shape index (κ2) is 4.94. The maximum atomic E-state index is 5.79. The summed E-state index contributed by atoms with van der Waals surface area (Å²) in [6, 6.07) is 9.46. The zero-order chi connectivity index (χ0) is 11.4. The highest BCUT2D eigenvalue weighted by Crippen LogP contribution is 2.11. The fraction of sp³-hybridized carbons (Fsp3) is 0.167. The molecule has 0 unspecified atom stereocenters. The van der Waals surface area contributed by atoms with E-state index in [1.165, 1.54) is 0 Å². The van der Waals surface area contributed by atoms with Crippen LogP contribution in [0.15, 0.2) is 36.5 Å². The molecule has 0 saturated heterocycles. The summed E-state index contributed by atoms with van der Waals surface area (Å²) in [6.45, 7) is 2.69. The smallest absolute Gasteiger partial charge is 0.131 e. The Morgan fingerprint density at radius 1 is 1.25 bits per heavy atom.